The molecular weight excluding hydrogens is 252 g/mol. The lowest BCUT2D eigenvalue weighted by molar-refractivity contribution is 0.213. The van der Waals surface area contributed by atoms with Gasteiger partial charge in [0.15, 0.2) is 0 Å². The number of benzene rings is 1. The third-order valence-electron chi connectivity index (χ3n) is 3.81. The molecule has 1 N–H and O–H groups in total. The van der Waals surface area contributed by atoms with Crippen LogP contribution in [0.1, 0.15) is 30.5 Å². The first-order valence-corrected chi connectivity index (χ1v) is 6.68. The molecule has 98 valence electrons. The van der Waals surface area contributed by atoms with Gasteiger partial charge >= 0.3 is 0 Å². The van der Waals surface area contributed by atoms with E-state index < -0.39 is 0 Å². The Balaban J connectivity index is 2.31. The number of ether oxygens (including phenoxy) is 2. The van der Waals surface area contributed by atoms with Gasteiger partial charge in [0.2, 0.25) is 0 Å². The first-order chi connectivity index (χ1) is 8.56. The highest BCUT2D eigenvalue weighted by atomic mass is 35.5. The van der Waals surface area contributed by atoms with Gasteiger partial charge < -0.3 is 14.6 Å². The maximum atomic E-state index is 9.65. The Morgan fingerprint density at radius 2 is 1.72 bits per heavy atom. The van der Waals surface area contributed by atoms with Crippen LogP contribution in [0.2, 0.25) is 5.02 Å². The minimum atomic E-state index is -0.337. The molecule has 0 atom stereocenters. The van der Waals surface area contributed by atoms with Crippen LogP contribution in [0, 0.1) is 0 Å². The van der Waals surface area contributed by atoms with Crippen LogP contribution in [0.4, 0.5) is 0 Å². The SMILES string of the molecule is CC(C)(CO)c1c2c(c(Cl)c3c1OCC3)OCC2. The van der Waals surface area contributed by atoms with E-state index >= 15 is 0 Å². The fourth-order valence-electron chi connectivity index (χ4n) is 2.85. The average molecular weight is 269 g/mol. The lowest BCUT2D eigenvalue weighted by atomic mass is 9.80. The van der Waals surface area contributed by atoms with Crippen molar-refractivity contribution in [1.82, 2.24) is 0 Å². The van der Waals surface area contributed by atoms with Gasteiger partial charge in [-0.15, -0.1) is 0 Å². The molecule has 3 rings (SSSR count). The molecule has 2 heterocycles. The van der Waals surface area contributed by atoms with Crippen LogP contribution in [0.3, 0.4) is 0 Å². The lowest BCUT2D eigenvalue weighted by Crippen LogP contribution is -2.24. The summed E-state index contributed by atoms with van der Waals surface area (Å²) in [5.74, 6) is 1.68. The molecule has 18 heavy (non-hydrogen) atoms. The van der Waals surface area contributed by atoms with Crippen LogP contribution in [-0.4, -0.2) is 24.9 Å². The Bertz CT molecular complexity index is 473. The fraction of sp³-hybridized carbons (Fsp3) is 0.571. The minimum absolute atomic E-state index is 0.0802. The maximum Gasteiger partial charge on any atom is 0.142 e. The molecular formula is C14H17ClO3. The number of aliphatic hydroxyl groups is 1. The van der Waals surface area contributed by atoms with Crippen molar-refractivity contribution in [2.45, 2.75) is 32.1 Å². The number of aliphatic hydroxyl groups excluding tert-OH is 1. The predicted octanol–water partition coefficient (Wildman–Crippen LogP) is 2.48. The van der Waals surface area contributed by atoms with E-state index in [9.17, 15) is 5.11 Å². The highest BCUT2D eigenvalue weighted by Gasteiger charge is 2.37. The zero-order valence-corrected chi connectivity index (χ0v) is 11.4. The third-order valence-corrected chi connectivity index (χ3v) is 4.21. The molecule has 0 radical (unpaired) electrons. The van der Waals surface area contributed by atoms with E-state index in [2.05, 4.69) is 0 Å². The van der Waals surface area contributed by atoms with E-state index in [1.807, 2.05) is 13.8 Å². The van der Waals surface area contributed by atoms with E-state index in [0.717, 1.165) is 41.0 Å². The van der Waals surface area contributed by atoms with Gasteiger partial charge in [-0.2, -0.15) is 0 Å². The Labute approximate surface area is 112 Å². The summed E-state index contributed by atoms with van der Waals surface area (Å²) in [5.41, 5.74) is 2.89. The first kappa shape index (κ1) is 12.1. The zero-order valence-electron chi connectivity index (χ0n) is 10.7. The van der Waals surface area contributed by atoms with Crippen LogP contribution in [0.25, 0.3) is 0 Å². The molecule has 4 heteroatoms. The van der Waals surface area contributed by atoms with Gasteiger partial charge in [-0.3, -0.25) is 0 Å². The predicted molar refractivity (Wildman–Crippen MR) is 70.0 cm³/mol. The summed E-state index contributed by atoms with van der Waals surface area (Å²) in [6, 6.07) is 0. The highest BCUT2D eigenvalue weighted by Crippen LogP contribution is 2.50. The van der Waals surface area contributed by atoms with Crippen molar-refractivity contribution in [3.05, 3.63) is 21.7 Å². The smallest absolute Gasteiger partial charge is 0.142 e. The second-order valence-electron chi connectivity index (χ2n) is 5.54. The van der Waals surface area contributed by atoms with E-state index in [4.69, 9.17) is 21.1 Å². The molecule has 1 aromatic rings. The molecule has 0 unspecified atom stereocenters. The van der Waals surface area contributed by atoms with Gasteiger partial charge in [-0.25, -0.2) is 0 Å². The summed E-state index contributed by atoms with van der Waals surface area (Å²) in [4.78, 5) is 0. The summed E-state index contributed by atoms with van der Waals surface area (Å²) in [6.07, 6.45) is 1.66. The van der Waals surface area contributed by atoms with E-state index in [-0.39, 0.29) is 12.0 Å². The summed E-state index contributed by atoms with van der Waals surface area (Å²) in [6.45, 7) is 5.45. The van der Waals surface area contributed by atoms with Crippen molar-refractivity contribution in [3.63, 3.8) is 0 Å². The Morgan fingerprint density at radius 3 is 2.39 bits per heavy atom. The third kappa shape index (κ3) is 1.54. The summed E-state index contributed by atoms with van der Waals surface area (Å²) in [7, 11) is 0. The van der Waals surface area contributed by atoms with Gasteiger partial charge in [-0.05, 0) is 0 Å². The average Bonchev–Trinajstić information content (AvgIpc) is 2.97. The molecule has 3 nitrogen and oxygen atoms in total. The van der Waals surface area contributed by atoms with E-state index in [1.165, 1.54) is 0 Å². The van der Waals surface area contributed by atoms with Crippen molar-refractivity contribution < 1.29 is 14.6 Å². The minimum Gasteiger partial charge on any atom is -0.493 e. The second kappa shape index (κ2) is 4.04. The van der Waals surface area contributed by atoms with Crippen molar-refractivity contribution >= 4 is 11.6 Å². The number of halogens is 1. The second-order valence-corrected chi connectivity index (χ2v) is 5.92. The van der Waals surface area contributed by atoms with Gasteiger partial charge in [-0.1, -0.05) is 25.4 Å². The van der Waals surface area contributed by atoms with Crippen LogP contribution >= 0.6 is 11.6 Å². The lowest BCUT2D eigenvalue weighted by Gasteiger charge is -2.27. The quantitative estimate of drug-likeness (QED) is 0.896. The summed E-state index contributed by atoms with van der Waals surface area (Å²) >= 11 is 6.40. The number of hydrogen-bond acceptors (Lipinski definition) is 3. The standard InChI is InChI=1S/C14H17ClO3/c1-14(2,7-16)10-8-3-5-18-13(8)11(15)9-4-6-17-12(9)10/h16H,3-7H2,1-2H3. The van der Waals surface area contributed by atoms with Crippen LogP contribution in [0.15, 0.2) is 0 Å². The molecule has 0 bridgehead atoms. The van der Waals surface area contributed by atoms with Gasteiger partial charge in [0.05, 0.1) is 24.8 Å². The van der Waals surface area contributed by atoms with Crippen molar-refractivity contribution in [1.29, 1.82) is 0 Å². The molecule has 0 saturated carbocycles. The topological polar surface area (TPSA) is 38.7 Å². The zero-order chi connectivity index (χ0) is 12.9. The van der Waals surface area contributed by atoms with Gasteiger partial charge in [0.1, 0.15) is 11.5 Å². The number of hydrogen-bond donors (Lipinski definition) is 1. The maximum absolute atomic E-state index is 9.65. The molecule has 0 aliphatic carbocycles. The molecule has 0 spiro atoms. The molecule has 0 saturated heterocycles. The highest BCUT2D eigenvalue weighted by molar-refractivity contribution is 6.33. The molecule has 2 aliphatic heterocycles. The molecule has 2 aliphatic rings. The summed E-state index contributed by atoms with van der Waals surface area (Å²) in [5, 5.41) is 10.4. The molecule has 0 fully saturated rings. The van der Waals surface area contributed by atoms with Crippen molar-refractivity contribution in [2.24, 2.45) is 0 Å². The van der Waals surface area contributed by atoms with Crippen molar-refractivity contribution in [3.8, 4) is 11.5 Å². The number of fused-ring (bicyclic) bond motifs is 2. The van der Waals surface area contributed by atoms with Crippen LogP contribution in [0.5, 0.6) is 11.5 Å². The van der Waals surface area contributed by atoms with Crippen molar-refractivity contribution in [2.75, 3.05) is 19.8 Å². The van der Waals surface area contributed by atoms with E-state index in [0.29, 0.717) is 18.2 Å². The normalized spacial score (nSPS) is 17.1. The first-order valence-electron chi connectivity index (χ1n) is 6.30. The fourth-order valence-corrected chi connectivity index (χ4v) is 3.20. The molecule has 1 aromatic carbocycles. The van der Waals surface area contributed by atoms with E-state index in [1.54, 1.807) is 0 Å². The Morgan fingerprint density at radius 1 is 1.11 bits per heavy atom. The number of rotatable bonds is 2. The van der Waals surface area contributed by atoms with Crippen LogP contribution in [-0.2, 0) is 18.3 Å². The Kier molecular flexibility index (Phi) is 2.72. The van der Waals surface area contributed by atoms with Gasteiger partial charge in [0.25, 0.3) is 0 Å². The Hall–Kier alpha value is -0.930. The van der Waals surface area contributed by atoms with Gasteiger partial charge in [0, 0.05) is 34.9 Å². The summed E-state index contributed by atoms with van der Waals surface area (Å²) < 4.78 is 11.4. The monoisotopic (exact) mass is 268 g/mol. The molecule has 0 aromatic heterocycles. The largest absolute Gasteiger partial charge is 0.493 e. The molecule has 0 amide bonds. The van der Waals surface area contributed by atoms with Crippen LogP contribution < -0.4 is 9.47 Å².